The Hall–Kier alpha value is -3.82. The lowest BCUT2D eigenvalue weighted by atomic mass is 10.1. The molecule has 0 spiro atoms. The third-order valence-electron chi connectivity index (χ3n) is 3.26. The molecule has 2 rings (SSSR count). The van der Waals surface area contributed by atoms with Gasteiger partial charge in [-0.25, -0.2) is 0 Å². The second-order valence-electron chi connectivity index (χ2n) is 4.78. The average Bonchev–Trinajstić information content (AvgIpc) is 2.58. The summed E-state index contributed by atoms with van der Waals surface area (Å²) in [6, 6.07) is 8.05. The van der Waals surface area contributed by atoms with Crippen molar-refractivity contribution in [3.05, 3.63) is 77.9 Å². The molecule has 0 amide bonds. The van der Waals surface area contributed by atoms with Gasteiger partial charge in [0.15, 0.2) is 0 Å². The van der Waals surface area contributed by atoms with Crippen molar-refractivity contribution in [2.75, 3.05) is 7.11 Å². The number of non-ortho nitro benzene ring substituents is 1. The Labute approximate surface area is 140 Å². The van der Waals surface area contributed by atoms with Gasteiger partial charge < -0.3 is 4.74 Å². The van der Waals surface area contributed by atoms with E-state index in [0.717, 1.165) is 0 Å². The zero-order chi connectivity index (χ0) is 18.6. The first-order chi connectivity index (χ1) is 11.8. The minimum Gasteiger partial charge on any atom is -0.497 e. The normalized spacial score (nSPS) is 10.6. The predicted octanol–water partition coefficient (Wildman–Crippen LogP) is 3.59. The van der Waals surface area contributed by atoms with Crippen molar-refractivity contribution in [1.82, 2.24) is 0 Å². The summed E-state index contributed by atoms with van der Waals surface area (Å²) in [6.07, 6.45) is 2.60. The summed E-state index contributed by atoms with van der Waals surface area (Å²) in [5, 5.41) is 33.2. The van der Waals surface area contributed by atoms with E-state index in [1.807, 2.05) is 0 Å². The van der Waals surface area contributed by atoms with E-state index in [1.54, 1.807) is 24.3 Å². The van der Waals surface area contributed by atoms with Crippen LogP contribution in [-0.4, -0.2) is 21.9 Å². The van der Waals surface area contributed by atoms with Crippen LogP contribution in [0, 0.1) is 30.3 Å². The first-order valence-electron chi connectivity index (χ1n) is 6.77. The van der Waals surface area contributed by atoms with Gasteiger partial charge in [0.25, 0.3) is 17.1 Å². The van der Waals surface area contributed by atoms with Crippen LogP contribution in [-0.2, 0) is 0 Å². The smallest absolute Gasteiger partial charge is 0.290 e. The molecule has 0 unspecified atom stereocenters. The van der Waals surface area contributed by atoms with Crippen LogP contribution in [0.5, 0.6) is 5.75 Å². The van der Waals surface area contributed by atoms with E-state index in [0.29, 0.717) is 23.4 Å². The highest BCUT2D eigenvalue weighted by Gasteiger charge is 2.28. The van der Waals surface area contributed by atoms with Crippen molar-refractivity contribution in [2.24, 2.45) is 0 Å². The molecule has 0 aromatic heterocycles. The molecule has 0 fully saturated rings. The molecule has 25 heavy (non-hydrogen) atoms. The number of hydrogen-bond acceptors (Lipinski definition) is 7. The summed E-state index contributed by atoms with van der Waals surface area (Å²) >= 11 is 0. The number of ether oxygens (including phenoxy) is 1. The fourth-order valence-electron chi connectivity index (χ4n) is 2.11. The summed E-state index contributed by atoms with van der Waals surface area (Å²) in [5.74, 6) is 0.537. The topological polar surface area (TPSA) is 139 Å². The summed E-state index contributed by atoms with van der Waals surface area (Å²) in [7, 11) is 1.47. The molecule has 0 heterocycles. The first kappa shape index (κ1) is 17.5. The number of nitro benzene ring substituents is 3. The van der Waals surface area contributed by atoms with Gasteiger partial charge in [-0.2, -0.15) is 0 Å². The molecule has 0 aliphatic rings. The van der Waals surface area contributed by atoms with Crippen molar-refractivity contribution in [1.29, 1.82) is 0 Å². The van der Waals surface area contributed by atoms with Crippen molar-refractivity contribution in [3.63, 3.8) is 0 Å². The van der Waals surface area contributed by atoms with E-state index in [4.69, 9.17) is 4.74 Å². The highest BCUT2D eigenvalue weighted by molar-refractivity contribution is 5.81. The Balaban J connectivity index is 2.61. The number of methoxy groups -OCH3 is 1. The van der Waals surface area contributed by atoms with Gasteiger partial charge in [-0.05, 0) is 23.8 Å². The third-order valence-corrected chi connectivity index (χ3v) is 3.26. The molecule has 10 heteroatoms. The largest absolute Gasteiger partial charge is 0.497 e. The van der Waals surface area contributed by atoms with Gasteiger partial charge in [0.05, 0.1) is 34.0 Å². The van der Waals surface area contributed by atoms with Gasteiger partial charge in [-0.1, -0.05) is 18.2 Å². The summed E-state index contributed by atoms with van der Waals surface area (Å²) in [5.41, 5.74) is -1.92. The van der Waals surface area contributed by atoms with Gasteiger partial charge in [0.1, 0.15) is 11.3 Å². The van der Waals surface area contributed by atoms with Crippen LogP contribution < -0.4 is 4.74 Å². The van der Waals surface area contributed by atoms with Gasteiger partial charge in [-0.15, -0.1) is 0 Å². The van der Waals surface area contributed by atoms with Crippen LogP contribution in [0.15, 0.2) is 36.4 Å². The Morgan fingerprint density at radius 3 is 1.96 bits per heavy atom. The van der Waals surface area contributed by atoms with Crippen LogP contribution in [0.4, 0.5) is 17.1 Å². The third kappa shape index (κ3) is 3.93. The van der Waals surface area contributed by atoms with E-state index >= 15 is 0 Å². The molecule has 0 radical (unpaired) electrons. The molecule has 128 valence electrons. The van der Waals surface area contributed by atoms with E-state index in [-0.39, 0.29) is 5.56 Å². The summed E-state index contributed by atoms with van der Waals surface area (Å²) < 4.78 is 5.05. The van der Waals surface area contributed by atoms with Crippen LogP contribution in [0.1, 0.15) is 11.1 Å². The fourth-order valence-corrected chi connectivity index (χ4v) is 2.11. The van der Waals surface area contributed by atoms with E-state index in [1.165, 1.54) is 19.3 Å². The standard InChI is InChI=1S/C15H11N3O7/c1-25-12-4-2-3-10(7-12)5-6-13-14(17(21)22)8-11(16(19)20)9-15(13)18(23)24/h2-9H,1H3. The molecule has 0 saturated carbocycles. The highest BCUT2D eigenvalue weighted by atomic mass is 16.6. The Morgan fingerprint density at radius 2 is 1.48 bits per heavy atom. The number of rotatable bonds is 6. The number of benzene rings is 2. The maximum absolute atomic E-state index is 11.2. The van der Waals surface area contributed by atoms with E-state index in [9.17, 15) is 30.3 Å². The summed E-state index contributed by atoms with van der Waals surface area (Å²) in [4.78, 5) is 30.5. The van der Waals surface area contributed by atoms with Crippen LogP contribution >= 0.6 is 0 Å². The molecule has 0 aliphatic carbocycles. The maximum Gasteiger partial charge on any atom is 0.290 e. The average molecular weight is 345 g/mol. The number of nitrogens with zero attached hydrogens (tertiary/aromatic N) is 3. The quantitative estimate of drug-likeness (QED) is 0.443. The monoisotopic (exact) mass is 345 g/mol. The van der Waals surface area contributed by atoms with Gasteiger partial charge >= 0.3 is 0 Å². The van der Waals surface area contributed by atoms with Gasteiger partial charge in [0.2, 0.25) is 0 Å². The molecule has 10 nitrogen and oxygen atoms in total. The van der Waals surface area contributed by atoms with Crippen molar-refractivity contribution >= 4 is 29.2 Å². The molecule has 0 bridgehead atoms. The highest BCUT2D eigenvalue weighted by Crippen LogP contribution is 2.35. The SMILES string of the molecule is COc1cccc(C=Cc2c([N+](=O)[O-])cc([N+](=O)[O-])cc2[N+](=O)[O-])c1. The lowest BCUT2D eigenvalue weighted by molar-refractivity contribution is -0.403. The summed E-state index contributed by atoms with van der Waals surface area (Å²) in [6.45, 7) is 0. The molecular weight excluding hydrogens is 334 g/mol. The van der Waals surface area contributed by atoms with E-state index < -0.39 is 31.8 Å². The van der Waals surface area contributed by atoms with Crippen molar-refractivity contribution < 1.29 is 19.5 Å². The Bertz CT molecular complexity index is 857. The fraction of sp³-hybridized carbons (Fsp3) is 0.0667. The second-order valence-corrected chi connectivity index (χ2v) is 4.78. The van der Waals surface area contributed by atoms with Crippen LogP contribution in [0.25, 0.3) is 12.2 Å². The molecule has 0 aliphatic heterocycles. The predicted molar refractivity (Wildman–Crippen MR) is 88.3 cm³/mol. The zero-order valence-corrected chi connectivity index (χ0v) is 12.8. The van der Waals surface area contributed by atoms with Crippen molar-refractivity contribution in [2.45, 2.75) is 0 Å². The maximum atomic E-state index is 11.2. The minimum atomic E-state index is -0.921. The van der Waals surface area contributed by atoms with E-state index in [2.05, 4.69) is 0 Å². The molecule has 2 aromatic carbocycles. The number of hydrogen-bond donors (Lipinski definition) is 0. The minimum absolute atomic E-state index is 0.330. The molecule has 2 aromatic rings. The Morgan fingerprint density at radius 1 is 0.880 bits per heavy atom. The first-order valence-corrected chi connectivity index (χ1v) is 6.77. The molecular formula is C15H11N3O7. The second kappa shape index (κ2) is 7.17. The zero-order valence-electron chi connectivity index (χ0n) is 12.8. The molecule has 0 saturated heterocycles. The lowest BCUT2D eigenvalue weighted by Gasteiger charge is -2.02. The number of nitro groups is 3. The van der Waals surface area contributed by atoms with Gasteiger partial charge in [-0.3, -0.25) is 30.3 Å². The Kier molecular flexibility index (Phi) is 5.03. The molecule has 0 N–H and O–H groups in total. The lowest BCUT2D eigenvalue weighted by Crippen LogP contribution is -2.00. The van der Waals surface area contributed by atoms with Gasteiger partial charge in [0, 0.05) is 0 Å². The van der Waals surface area contributed by atoms with Crippen LogP contribution in [0.2, 0.25) is 0 Å². The van der Waals surface area contributed by atoms with Crippen LogP contribution in [0.3, 0.4) is 0 Å². The van der Waals surface area contributed by atoms with Crippen molar-refractivity contribution in [3.8, 4) is 5.75 Å². The molecule has 0 atom stereocenters.